The lowest BCUT2D eigenvalue weighted by atomic mass is 10.1. The third kappa shape index (κ3) is 3.00. The van der Waals surface area contributed by atoms with Gasteiger partial charge < -0.3 is 15.3 Å². The van der Waals surface area contributed by atoms with Crippen LogP contribution in [0.1, 0.15) is 29.9 Å². The molecular weight excluding hydrogens is 266 g/mol. The maximum Gasteiger partial charge on any atom is 0.323 e. The van der Waals surface area contributed by atoms with Crippen molar-refractivity contribution in [3.63, 3.8) is 0 Å². The molecule has 0 aliphatic heterocycles. The average Bonchev–Trinajstić information content (AvgIpc) is 2.85. The lowest BCUT2D eigenvalue weighted by molar-refractivity contribution is 0.566. The van der Waals surface area contributed by atoms with Crippen molar-refractivity contribution in [1.29, 1.82) is 0 Å². The van der Waals surface area contributed by atoms with Gasteiger partial charge in [-0.3, -0.25) is 9.97 Å². The highest BCUT2D eigenvalue weighted by molar-refractivity contribution is 5.75. The normalized spacial score (nSPS) is 12.7. The number of fused-ring (bicyclic) bond motifs is 1. The number of nitrogens with one attached hydrogen (secondary N) is 3. The fourth-order valence-corrected chi connectivity index (χ4v) is 2.21. The van der Waals surface area contributed by atoms with Gasteiger partial charge in [-0.15, -0.1) is 0 Å². The van der Waals surface area contributed by atoms with E-state index in [1.807, 2.05) is 25.1 Å². The number of aryl methyl sites for hydroxylation is 1. The molecule has 1 atom stereocenters. The maximum absolute atomic E-state index is 11.3. The molecule has 3 N–H and O–H groups in total. The highest BCUT2D eigenvalue weighted by atomic mass is 16.1. The summed E-state index contributed by atoms with van der Waals surface area (Å²) in [6, 6.07) is 6.04. The zero-order valence-electron chi connectivity index (χ0n) is 12.0. The average molecular weight is 283 g/mol. The predicted octanol–water partition coefficient (Wildman–Crippen LogP) is 1.81. The molecule has 2 aromatic heterocycles. The molecule has 108 valence electrons. The summed E-state index contributed by atoms with van der Waals surface area (Å²) in [4.78, 5) is 25.3. The quantitative estimate of drug-likeness (QED) is 0.681. The van der Waals surface area contributed by atoms with Crippen LogP contribution in [0.4, 0.5) is 0 Å². The number of rotatable bonds is 4. The molecule has 0 saturated heterocycles. The molecule has 0 saturated carbocycles. The van der Waals surface area contributed by atoms with Crippen molar-refractivity contribution in [1.82, 2.24) is 25.3 Å². The summed E-state index contributed by atoms with van der Waals surface area (Å²) in [7, 11) is 0. The van der Waals surface area contributed by atoms with Crippen LogP contribution in [-0.4, -0.2) is 19.9 Å². The molecule has 6 nitrogen and oxygen atoms in total. The number of aromatic nitrogens is 4. The van der Waals surface area contributed by atoms with Crippen LogP contribution < -0.4 is 11.0 Å². The molecule has 0 amide bonds. The minimum Gasteiger partial charge on any atom is -0.306 e. The van der Waals surface area contributed by atoms with Crippen molar-refractivity contribution in [2.24, 2.45) is 0 Å². The summed E-state index contributed by atoms with van der Waals surface area (Å²) >= 11 is 0. The number of hydrogen-bond acceptors (Lipinski definition) is 4. The molecular formula is C15H17N5O. The zero-order valence-corrected chi connectivity index (χ0v) is 12.0. The van der Waals surface area contributed by atoms with E-state index in [-0.39, 0.29) is 11.7 Å². The van der Waals surface area contributed by atoms with Crippen molar-refractivity contribution < 1.29 is 0 Å². The van der Waals surface area contributed by atoms with Crippen LogP contribution in [0.3, 0.4) is 0 Å². The first kappa shape index (κ1) is 13.5. The van der Waals surface area contributed by atoms with Crippen molar-refractivity contribution in [3.05, 3.63) is 58.0 Å². The molecule has 3 aromatic rings. The Labute approximate surface area is 121 Å². The van der Waals surface area contributed by atoms with Gasteiger partial charge in [0.25, 0.3) is 0 Å². The van der Waals surface area contributed by atoms with E-state index in [2.05, 4.69) is 32.2 Å². The van der Waals surface area contributed by atoms with E-state index >= 15 is 0 Å². The molecule has 0 spiro atoms. The standard InChI is InChI=1S/C15H17N5O/c1-9-6-18-12(7-16-9)8-17-10(2)11-3-4-13-14(5-11)20-15(21)19-13/h3-7,10,17H,8H2,1-2H3,(H2,19,20,21). The number of imidazole rings is 1. The van der Waals surface area contributed by atoms with Crippen LogP contribution in [0, 0.1) is 6.92 Å². The highest BCUT2D eigenvalue weighted by Crippen LogP contribution is 2.17. The monoisotopic (exact) mass is 283 g/mol. The van der Waals surface area contributed by atoms with Crippen LogP contribution >= 0.6 is 0 Å². The molecule has 0 radical (unpaired) electrons. The summed E-state index contributed by atoms with van der Waals surface area (Å²) in [5.74, 6) is 0. The van der Waals surface area contributed by atoms with Crippen LogP contribution in [0.5, 0.6) is 0 Å². The Bertz CT molecular complexity index is 803. The predicted molar refractivity (Wildman–Crippen MR) is 80.9 cm³/mol. The third-order valence-electron chi connectivity index (χ3n) is 3.46. The van der Waals surface area contributed by atoms with Gasteiger partial charge in [0.15, 0.2) is 0 Å². The van der Waals surface area contributed by atoms with Gasteiger partial charge in [0.1, 0.15) is 0 Å². The third-order valence-corrected chi connectivity index (χ3v) is 3.46. The Morgan fingerprint density at radius 1 is 1.19 bits per heavy atom. The summed E-state index contributed by atoms with van der Waals surface area (Å²) in [6.07, 6.45) is 3.54. The number of H-pyrrole nitrogens is 2. The number of aromatic amines is 2. The Morgan fingerprint density at radius 2 is 2.00 bits per heavy atom. The van der Waals surface area contributed by atoms with Gasteiger partial charge in [0.2, 0.25) is 0 Å². The first-order valence-corrected chi connectivity index (χ1v) is 6.84. The van der Waals surface area contributed by atoms with Gasteiger partial charge >= 0.3 is 5.69 Å². The topological polar surface area (TPSA) is 86.5 Å². The molecule has 0 aliphatic rings. The SMILES string of the molecule is Cc1cnc(CNC(C)c2ccc3[nH]c(=O)[nH]c3c2)cn1. The largest absolute Gasteiger partial charge is 0.323 e. The Hall–Kier alpha value is -2.47. The second kappa shape index (κ2) is 5.49. The van der Waals surface area contributed by atoms with Crippen molar-refractivity contribution >= 4 is 11.0 Å². The minimum absolute atomic E-state index is 0.149. The van der Waals surface area contributed by atoms with Gasteiger partial charge in [-0.25, -0.2) is 4.79 Å². The van der Waals surface area contributed by atoms with Crippen molar-refractivity contribution in [2.75, 3.05) is 0 Å². The fourth-order valence-electron chi connectivity index (χ4n) is 2.21. The smallest absolute Gasteiger partial charge is 0.306 e. The van der Waals surface area contributed by atoms with Gasteiger partial charge in [-0.1, -0.05) is 6.07 Å². The van der Waals surface area contributed by atoms with Crippen LogP contribution in [0.2, 0.25) is 0 Å². The van der Waals surface area contributed by atoms with E-state index in [9.17, 15) is 4.79 Å². The summed E-state index contributed by atoms with van der Waals surface area (Å²) in [5, 5.41) is 3.40. The molecule has 2 heterocycles. The lowest BCUT2D eigenvalue weighted by Gasteiger charge is -2.14. The summed E-state index contributed by atoms with van der Waals surface area (Å²) in [5.41, 5.74) is 4.38. The maximum atomic E-state index is 11.3. The first-order valence-electron chi connectivity index (χ1n) is 6.84. The molecule has 1 aromatic carbocycles. The van der Waals surface area contributed by atoms with Gasteiger partial charge in [-0.2, -0.15) is 0 Å². The van der Waals surface area contributed by atoms with Gasteiger partial charge in [0.05, 0.1) is 22.4 Å². The Kier molecular flexibility index (Phi) is 3.53. The molecule has 21 heavy (non-hydrogen) atoms. The number of benzene rings is 1. The van der Waals surface area contributed by atoms with Crippen molar-refractivity contribution in [3.8, 4) is 0 Å². The van der Waals surface area contributed by atoms with E-state index in [4.69, 9.17) is 0 Å². The fraction of sp³-hybridized carbons (Fsp3) is 0.267. The first-order chi connectivity index (χ1) is 10.1. The highest BCUT2D eigenvalue weighted by Gasteiger charge is 2.07. The summed E-state index contributed by atoms with van der Waals surface area (Å²) in [6.45, 7) is 4.64. The number of hydrogen-bond donors (Lipinski definition) is 3. The van der Waals surface area contributed by atoms with E-state index in [1.54, 1.807) is 12.4 Å². The van der Waals surface area contributed by atoms with Crippen LogP contribution in [-0.2, 0) is 6.54 Å². The second-order valence-corrected chi connectivity index (χ2v) is 5.14. The van der Waals surface area contributed by atoms with E-state index < -0.39 is 0 Å². The lowest BCUT2D eigenvalue weighted by Crippen LogP contribution is -2.18. The Morgan fingerprint density at radius 3 is 2.76 bits per heavy atom. The minimum atomic E-state index is -0.183. The molecule has 1 unspecified atom stereocenters. The molecule has 3 rings (SSSR count). The number of nitrogens with zero attached hydrogens (tertiary/aromatic N) is 2. The van der Waals surface area contributed by atoms with Crippen LogP contribution in [0.25, 0.3) is 11.0 Å². The van der Waals surface area contributed by atoms with Crippen LogP contribution in [0.15, 0.2) is 35.4 Å². The Balaban J connectivity index is 1.72. The molecule has 0 aliphatic carbocycles. The van der Waals surface area contributed by atoms with E-state index in [0.29, 0.717) is 6.54 Å². The molecule has 0 bridgehead atoms. The van der Waals surface area contributed by atoms with E-state index in [1.165, 1.54) is 0 Å². The second-order valence-electron chi connectivity index (χ2n) is 5.14. The van der Waals surface area contributed by atoms with Gasteiger partial charge in [0, 0.05) is 25.0 Å². The molecule has 6 heteroatoms. The zero-order chi connectivity index (χ0) is 14.8. The summed E-state index contributed by atoms with van der Waals surface area (Å²) < 4.78 is 0. The van der Waals surface area contributed by atoms with E-state index in [0.717, 1.165) is 28.0 Å². The van der Waals surface area contributed by atoms with Gasteiger partial charge in [-0.05, 0) is 31.5 Å². The molecule has 0 fully saturated rings. The van der Waals surface area contributed by atoms with Crippen molar-refractivity contribution in [2.45, 2.75) is 26.4 Å².